The Morgan fingerprint density at radius 1 is 1.18 bits per heavy atom. The number of carbonyl (C=O) groups is 1. The maximum atomic E-state index is 13.0. The van der Waals surface area contributed by atoms with E-state index in [9.17, 15) is 13.2 Å². The molecular weight excluding hydrogens is 376 g/mol. The zero-order valence-electron chi connectivity index (χ0n) is 16.9. The number of nitrogens with zero attached hydrogens (tertiary/aromatic N) is 1. The molecule has 1 saturated heterocycles. The van der Waals surface area contributed by atoms with Crippen molar-refractivity contribution < 1.29 is 17.9 Å². The van der Waals surface area contributed by atoms with Gasteiger partial charge < -0.3 is 10.1 Å². The van der Waals surface area contributed by atoms with E-state index in [1.807, 2.05) is 13.8 Å². The van der Waals surface area contributed by atoms with Gasteiger partial charge in [0.1, 0.15) is 0 Å². The Morgan fingerprint density at radius 2 is 1.86 bits per heavy atom. The van der Waals surface area contributed by atoms with Crippen molar-refractivity contribution in [3.05, 3.63) is 29.8 Å². The normalized spacial score (nSPS) is 24.4. The number of morpholine rings is 1. The van der Waals surface area contributed by atoms with Crippen LogP contribution in [0, 0.1) is 5.92 Å². The maximum Gasteiger partial charge on any atom is 0.251 e. The van der Waals surface area contributed by atoms with Crippen LogP contribution in [0.4, 0.5) is 0 Å². The first-order valence-corrected chi connectivity index (χ1v) is 11.8. The molecule has 156 valence electrons. The van der Waals surface area contributed by atoms with Crippen molar-refractivity contribution in [2.75, 3.05) is 19.6 Å². The van der Waals surface area contributed by atoms with Gasteiger partial charge in [0.05, 0.1) is 17.1 Å². The highest BCUT2D eigenvalue weighted by atomic mass is 32.2. The minimum absolute atomic E-state index is 0.148. The molecule has 2 aliphatic rings. The Kier molecular flexibility index (Phi) is 7.12. The molecule has 0 radical (unpaired) electrons. The molecule has 1 N–H and O–H groups in total. The largest absolute Gasteiger partial charge is 0.373 e. The minimum atomic E-state index is -3.65. The third-order valence-corrected chi connectivity index (χ3v) is 7.50. The lowest BCUT2D eigenvalue weighted by Gasteiger charge is -2.34. The molecule has 0 aromatic heterocycles. The molecule has 1 heterocycles. The van der Waals surface area contributed by atoms with Crippen LogP contribution >= 0.6 is 0 Å². The number of carbonyl (C=O) groups excluding carboxylic acids is 1. The molecule has 3 rings (SSSR count). The highest BCUT2D eigenvalue weighted by Crippen LogP contribution is 2.28. The van der Waals surface area contributed by atoms with E-state index in [0.29, 0.717) is 25.2 Å². The molecule has 2 atom stereocenters. The van der Waals surface area contributed by atoms with Crippen LogP contribution in [0.15, 0.2) is 29.2 Å². The van der Waals surface area contributed by atoms with Crippen LogP contribution < -0.4 is 5.32 Å². The molecule has 0 bridgehead atoms. The predicted octanol–water partition coefficient (Wildman–Crippen LogP) is 3.18. The van der Waals surface area contributed by atoms with E-state index < -0.39 is 10.0 Å². The second kappa shape index (κ2) is 9.37. The van der Waals surface area contributed by atoms with Crippen molar-refractivity contribution in [2.45, 2.75) is 69.5 Å². The van der Waals surface area contributed by atoms with Gasteiger partial charge in [0.15, 0.2) is 0 Å². The average molecular weight is 409 g/mol. The van der Waals surface area contributed by atoms with Crippen LogP contribution in [0.5, 0.6) is 0 Å². The number of sulfonamides is 1. The van der Waals surface area contributed by atoms with E-state index in [0.717, 1.165) is 18.8 Å². The Morgan fingerprint density at radius 3 is 2.54 bits per heavy atom. The lowest BCUT2D eigenvalue weighted by Crippen LogP contribution is -2.48. The smallest absolute Gasteiger partial charge is 0.251 e. The first-order valence-electron chi connectivity index (χ1n) is 10.4. The summed E-state index contributed by atoms with van der Waals surface area (Å²) in [5.74, 6) is 0.593. The van der Waals surface area contributed by atoms with E-state index in [4.69, 9.17) is 4.74 Å². The fourth-order valence-corrected chi connectivity index (χ4v) is 5.90. The lowest BCUT2D eigenvalue weighted by atomic mass is 10.0. The van der Waals surface area contributed by atoms with E-state index >= 15 is 0 Å². The lowest BCUT2D eigenvalue weighted by molar-refractivity contribution is -0.0440. The van der Waals surface area contributed by atoms with Crippen molar-refractivity contribution in [3.8, 4) is 0 Å². The summed E-state index contributed by atoms with van der Waals surface area (Å²) in [6.07, 6.45) is 7.12. The van der Waals surface area contributed by atoms with E-state index in [2.05, 4.69) is 5.32 Å². The van der Waals surface area contributed by atoms with Crippen molar-refractivity contribution in [1.82, 2.24) is 9.62 Å². The summed E-state index contributed by atoms with van der Waals surface area (Å²) in [4.78, 5) is 12.6. The van der Waals surface area contributed by atoms with Gasteiger partial charge in [0.2, 0.25) is 10.0 Å². The standard InChI is InChI=1S/C21H32N2O4S/c1-16-14-23(15-17(2)27-16)28(25,26)20-11-5-10-19(13-20)21(24)22-12-6-9-18-7-3-4-8-18/h5,10-11,13,16-18H,3-4,6-9,12,14-15H2,1-2H3,(H,22,24). The second-order valence-electron chi connectivity index (χ2n) is 8.16. The van der Waals surface area contributed by atoms with Crippen LogP contribution in [-0.4, -0.2) is 50.5 Å². The Bertz CT molecular complexity index is 764. The molecule has 1 aliphatic heterocycles. The molecule has 0 spiro atoms. The number of hydrogen-bond donors (Lipinski definition) is 1. The number of rotatable bonds is 7. The molecule has 2 fully saturated rings. The third-order valence-electron chi connectivity index (χ3n) is 5.67. The SMILES string of the molecule is CC1CN(S(=O)(=O)c2cccc(C(=O)NCCCC3CCCC3)c2)CC(C)O1. The number of nitrogens with one attached hydrogen (secondary N) is 1. The van der Waals surface area contributed by atoms with Gasteiger partial charge in [0, 0.05) is 25.2 Å². The highest BCUT2D eigenvalue weighted by Gasteiger charge is 2.32. The van der Waals surface area contributed by atoms with E-state index in [1.165, 1.54) is 36.1 Å². The molecular formula is C21H32N2O4S. The first kappa shape index (κ1) is 21.3. The van der Waals surface area contributed by atoms with Crippen molar-refractivity contribution >= 4 is 15.9 Å². The summed E-state index contributed by atoms with van der Waals surface area (Å²) >= 11 is 0. The monoisotopic (exact) mass is 408 g/mol. The number of ether oxygens (including phenoxy) is 1. The topological polar surface area (TPSA) is 75.7 Å². The summed E-state index contributed by atoms with van der Waals surface area (Å²) in [5.41, 5.74) is 0.385. The van der Waals surface area contributed by atoms with Gasteiger partial charge in [-0.25, -0.2) is 8.42 Å². The van der Waals surface area contributed by atoms with Gasteiger partial charge in [-0.2, -0.15) is 4.31 Å². The summed E-state index contributed by atoms with van der Waals surface area (Å²) in [6.45, 7) is 5.01. The number of benzene rings is 1. The minimum Gasteiger partial charge on any atom is -0.373 e. The molecule has 28 heavy (non-hydrogen) atoms. The van der Waals surface area contributed by atoms with Gasteiger partial charge in [-0.15, -0.1) is 0 Å². The van der Waals surface area contributed by atoms with Crippen LogP contribution in [0.3, 0.4) is 0 Å². The predicted molar refractivity (Wildman–Crippen MR) is 109 cm³/mol. The molecule has 1 amide bonds. The van der Waals surface area contributed by atoms with E-state index in [1.54, 1.807) is 18.2 Å². The van der Waals surface area contributed by atoms with Crippen LogP contribution in [-0.2, 0) is 14.8 Å². The van der Waals surface area contributed by atoms with Crippen LogP contribution in [0.2, 0.25) is 0 Å². The van der Waals surface area contributed by atoms with Crippen molar-refractivity contribution in [3.63, 3.8) is 0 Å². The molecule has 1 aromatic rings. The quantitative estimate of drug-likeness (QED) is 0.703. The Hall–Kier alpha value is -1.44. The molecule has 7 heteroatoms. The Labute approximate surface area is 168 Å². The summed E-state index contributed by atoms with van der Waals surface area (Å²) in [5, 5.41) is 2.93. The zero-order chi connectivity index (χ0) is 20.1. The van der Waals surface area contributed by atoms with Crippen molar-refractivity contribution in [1.29, 1.82) is 0 Å². The molecule has 1 saturated carbocycles. The fraction of sp³-hybridized carbons (Fsp3) is 0.667. The zero-order valence-corrected chi connectivity index (χ0v) is 17.7. The van der Waals surface area contributed by atoms with Gasteiger partial charge in [-0.3, -0.25) is 4.79 Å². The van der Waals surface area contributed by atoms with Gasteiger partial charge in [0.25, 0.3) is 5.91 Å². The summed E-state index contributed by atoms with van der Waals surface area (Å²) < 4.78 is 33.1. The first-order chi connectivity index (χ1) is 13.4. The summed E-state index contributed by atoms with van der Waals surface area (Å²) in [6, 6.07) is 6.33. The second-order valence-corrected chi connectivity index (χ2v) is 10.1. The molecule has 1 aliphatic carbocycles. The maximum absolute atomic E-state index is 13.0. The van der Waals surface area contributed by atoms with Gasteiger partial charge in [-0.1, -0.05) is 31.7 Å². The molecule has 1 aromatic carbocycles. The van der Waals surface area contributed by atoms with Crippen molar-refractivity contribution in [2.24, 2.45) is 5.92 Å². The average Bonchev–Trinajstić information content (AvgIpc) is 3.18. The summed E-state index contributed by atoms with van der Waals surface area (Å²) in [7, 11) is -3.65. The van der Waals surface area contributed by atoms with Gasteiger partial charge >= 0.3 is 0 Å². The van der Waals surface area contributed by atoms with Gasteiger partial charge in [-0.05, 0) is 50.8 Å². The number of hydrogen-bond acceptors (Lipinski definition) is 4. The third kappa shape index (κ3) is 5.33. The van der Waals surface area contributed by atoms with Crippen LogP contribution in [0.1, 0.15) is 62.7 Å². The highest BCUT2D eigenvalue weighted by molar-refractivity contribution is 7.89. The van der Waals surface area contributed by atoms with Crippen LogP contribution in [0.25, 0.3) is 0 Å². The number of amides is 1. The molecule has 6 nitrogen and oxygen atoms in total. The molecule has 2 unspecified atom stereocenters. The Balaban J connectivity index is 1.60. The van der Waals surface area contributed by atoms with E-state index in [-0.39, 0.29) is 23.0 Å². The fourth-order valence-electron chi connectivity index (χ4n) is 4.27.